The van der Waals surface area contributed by atoms with Crippen molar-refractivity contribution in [2.24, 2.45) is 0 Å². The lowest BCUT2D eigenvalue weighted by Gasteiger charge is -2.09. The topological polar surface area (TPSA) is 39.2 Å². The molecule has 0 atom stereocenters. The number of fused-ring (bicyclic) bond motifs is 3. The summed E-state index contributed by atoms with van der Waals surface area (Å²) in [7, 11) is 0. The summed E-state index contributed by atoms with van der Waals surface area (Å²) in [5.41, 5.74) is 2.67. The standard InChI is InChI=1S/C21H15NO2S/c23-21(10-9-15-11-12-25-14-15)24-13-20-18-7-2-1-5-16(18)17-6-3-4-8-19(17)22-20/h1-12,14H,13H2. The Morgan fingerprint density at radius 1 is 1.00 bits per heavy atom. The van der Waals surface area contributed by atoms with Crippen molar-refractivity contribution in [3.63, 3.8) is 0 Å². The number of thiophene rings is 1. The zero-order valence-electron chi connectivity index (χ0n) is 13.4. The van der Waals surface area contributed by atoms with Gasteiger partial charge in [-0.05, 0) is 39.9 Å². The Hall–Kier alpha value is -2.98. The quantitative estimate of drug-likeness (QED) is 0.290. The lowest BCUT2D eigenvalue weighted by Crippen LogP contribution is -2.03. The number of pyridine rings is 1. The van der Waals surface area contributed by atoms with Crippen LogP contribution >= 0.6 is 11.3 Å². The molecule has 25 heavy (non-hydrogen) atoms. The summed E-state index contributed by atoms with van der Waals surface area (Å²) >= 11 is 1.59. The van der Waals surface area contributed by atoms with Crippen molar-refractivity contribution >= 4 is 45.1 Å². The predicted octanol–water partition coefficient (Wildman–Crippen LogP) is 5.21. The van der Waals surface area contributed by atoms with Crippen molar-refractivity contribution in [3.8, 4) is 0 Å². The molecule has 0 aliphatic carbocycles. The maximum absolute atomic E-state index is 12.0. The van der Waals surface area contributed by atoms with E-state index in [-0.39, 0.29) is 12.6 Å². The maximum Gasteiger partial charge on any atom is 0.331 e. The molecule has 122 valence electrons. The van der Waals surface area contributed by atoms with Crippen molar-refractivity contribution in [1.82, 2.24) is 4.98 Å². The SMILES string of the molecule is O=C(C=Cc1ccsc1)OCc1nc2ccccc2c2ccccc12. The Morgan fingerprint density at radius 3 is 2.56 bits per heavy atom. The first-order chi connectivity index (χ1) is 12.3. The van der Waals surface area contributed by atoms with Crippen molar-refractivity contribution in [1.29, 1.82) is 0 Å². The summed E-state index contributed by atoms with van der Waals surface area (Å²) in [6, 6.07) is 18.0. The molecule has 0 saturated carbocycles. The van der Waals surface area contributed by atoms with E-state index in [0.29, 0.717) is 0 Å². The van der Waals surface area contributed by atoms with Crippen molar-refractivity contribution < 1.29 is 9.53 Å². The Bertz CT molecular complexity index is 1070. The van der Waals surface area contributed by atoms with E-state index >= 15 is 0 Å². The summed E-state index contributed by atoms with van der Waals surface area (Å²) in [5, 5.41) is 7.17. The molecule has 0 unspecified atom stereocenters. The van der Waals surface area contributed by atoms with Crippen LogP contribution in [0.4, 0.5) is 0 Å². The largest absolute Gasteiger partial charge is 0.456 e. The van der Waals surface area contributed by atoms with Crippen LogP contribution in [0.25, 0.3) is 27.8 Å². The lowest BCUT2D eigenvalue weighted by atomic mass is 10.0. The zero-order chi connectivity index (χ0) is 17.1. The number of hydrogen-bond donors (Lipinski definition) is 0. The second kappa shape index (κ2) is 6.87. The minimum atomic E-state index is -0.370. The smallest absolute Gasteiger partial charge is 0.331 e. The Morgan fingerprint density at radius 2 is 1.76 bits per heavy atom. The van der Waals surface area contributed by atoms with Gasteiger partial charge in [0.05, 0.1) is 11.2 Å². The molecule has 0 N–H and O–H groups in total. The van der Waals surface area contributed by atoms with E-state index in [1.807, 2.05) is 53.2 Å². The van der Waals surface area contributed by atoms with Crippen molar-refractivity contribution in [2.45, 2.75) is 6.61 Å². The van der Waals surface area contributed by atoms with E-state index in [2.05, 4.69) is 17.1 Å². The molecule has 0 amide bonds. The zero-order valence-corrected chi connectivity index (χ0v) is 14.2. The van der Waals surface area contributed by atoms with Crippen LogP contribution < -0.4 is 0 Å². The van der Waals surface area contributed by atoms with Crippen LogP contribution in [0.1, 0.15) is 11.3 Å². The number of para-hydroxylation sites is 1. The first-order valence-electron chi connectivity index (χ1n) is 7.95. The van der Waals surface area contributed by atoms with E-state index in [9.17, 15) is 4.79 Å². The molecular weight excluding hydrogens is 330 g/mol. The molecule has 0 fully saturated rings. The minimum absolute atomic E-state index is 0.151. The average molecular weight is 345 g/mol. The number of benzene rings is 2. The van der Waals surface area contributed by atoms with Crippen LogP contribution in [-0.2, 0) is 16.1 Å². The molecule has 0 radical (unpaired) electrons. The van der Waals surface area contributed by atoms with Crippen LogP contribution in [0.5, 0.6) is 0 Å². The number of hydrogen-bond acceptors (Lipinski definition) is 4. The van der Waals surface area contributed by atoms with Gasteiger partial charge in [-0.2, -0.15) is 11.3 Å². The third kappa shape index (κ3) is 3.30. The van der Waals surface area contributed by atoms with E-state index in [1.165, 1.54) is 6.08 Å². The van der Waals surface area contributed by atoms with Gasteiger partial charge in [0.15, 0.2) is 0 Å². The van der Waals surface area contributed by atoms with Gasteiger partial charge >= 0.3 is 5.97 Å². The highest BCUT2D eigenvalue weighted by molar-refractivity contribution is 7.08. The molecular formula is C21H15NO2S. The number of carbonyl (C=O) groups excluding carboxylic acids is 1. The average Bonchev–Trinajstić information content (AvgIpc) is 3.18. The monoisotopic (exact) mass is 345 g/mol. The van der Waals surface area contributed by atoms with Crippen LogP contribution in [0, 0.1) is 0 Å². The summed E-state index contributed by atoms with van der Waals surface area (Å²) in [6.45, 7) is 0.151. The van der Waals surface area contributed by atoms with Gasteiger partial charge in [0.2, 0.25) is 0 Å². The fraction of sp³-hybridized carbons (Fsp3) is 0.0476. The Kier molecular flexibility index (Phi) is 4.27. The molecule has 2 heterocycles. The molecule has 2 aromatic carbocycles. The van der Waals surface area contributed by atoms with Gasteiger partial charge in [-0.3, -0.25) is 0 Å². The van der Waals surface area contributed by atoms with Gasteiger partial charge < -0.3 is 4.74 Å². The van der Waals surface area contributed by atoms with Crippen LogP contribution in [-0.4, -0.2) is 11.0 Å². The van der Waals surface area contributed by atoms with Crippen LogP contribution in [0.2, 0.25) is 0 Å². The molecule has 3 nitrogen and oxygen atoms in total. The predicted molar refractivity (Wildman–Crippen MR) is 102 cm³/mol. The van der Waals surface area contributed by atoms with E-state index in [4.69, 9.17) is 4.74 Å². The number of esters is 1. The third-order valence-electron chi connectivity index (χ3n) is 3.99. The molecule has 4 rings (SSSR count). The highest BCUT2D eigenvalue weighted by Gasteiger charge is 2.09. The summed E-state index contributed by atoms with van der Waals surface area (Å²) in [5.74, 6) is -0.370. The van der Waals surface area contributed by atoms with Gasteiger partial charge in [0.25, 0.3) is 0 Å². The van der Waals surface area contributed by atoms with E-state index < -0.39 is 0 Å². The summed E-state index contributed by atoms with van der Waals surface area (Å²) in [6.07, 6.45) is 3.20. The van der Waals surface area contributed by atoms with Gasteiger partial charge in [-0.25, -0.2) is 9.78 Å². The Labute approximate surface area is 149 Å². The molecule has 0 saturated heterocycles. The highest BCUT2D eigenvalue weighted by Crippen LogP contribution is 2.26. The number of ether oxygens (including phenoxy) is 1. The first-order valence-corrected chi connectivity index (χ1v) is 8.89. The second-order valence-corrected chi connectivity index (χ2v) is 6.40. The fourth-order valence-corrected chi connectivity index (χ4v) is 3.43. The molecule has 0 bridgehead atoms. The minimum Gasteiger partial charge on any atom is -0.456 e. The van der Waals surface area contributed by atoms with Crippen LogP contribution in [0.15, 0.2) is 71.4 Å². The number of aromatic nitrogens is 1. The fourth-order valence-electron chi connectivity index (χ4n) is 2.81. The number of carbonyl (C=O) groups is 1. The number of rotatable bonds is 4. The molecule has 2 aromatic heterocycles. The van der Waals surface area contributed by atoms with Crippen LogP contribution in [0.3, 0.4) is 0 Å². The van der Waals surface area contributed by atoms with Crippen molar-refractivity contribution in [2.75, 3.05) is 0 Å². The normalized spacial score (nSPS) is 11.4. The third-order valence-corrected chi connectivity index (χ3v) is 4.70. The van der Waals surface area contributed by atoms with E-state index in [0.717, 1.165) is 32.9 Å². The highest BCUT2D eigenvalue weighted by atomic mass is 32.1. The first kappa shape index (κ1) is 15.5. The second-order valence-electron chi connectivity index (χ2n) is 5.62. The summed E-state index contributed by atoms with van der Waals surface area (Å²) < 4.78 is 5.40. The molecule has 0 spiro atoms. The molecule has 0 aliphatic heterocycles. The summed E-state index contributed by atoms with van der Waals surface area (Å²) in [4.78, 5) is 16.7. The molecule has 4 aromatic rings. The lowest BCUT2D eigenvalue weighted by molar-refractivity contribution is -0.138. The van der Waals surface area contributed by atoms with Gasteiger partial charge in [-0.1, -0.05) is 42.5 Å². The molecule has 0 aliphatic rings. The van der Waals surface area contributed by atoms with Gasteiger partial charge in [-0.15, -0.1) is 0 Å². The van der Waals surface area contributed by atoms with Gasteiger partial charge in [0.1, 0.15) is 6.61 Å². The van der Waals surface area contributed by atoms with Crippen molar-refractivity contribution in [3.05, 3.63) is 82.7 Å². The van der Waals surface area contributed by atoms with Gasteiger partial charge in [0, 0.05) is 16.8 Å². The Balaban J connectivity index is 1.61. The maximum atomic E-state index is 12.0. The van der Waals surface area contributed by atoms with E-state index in [1.54, 1.807) is 17.4 Å². The number of nitrogens with zero attached hydrogens (tertiary/aromatic N) is 1. The molecule has 4 heteroatoms.